The van der Waals surface area contributed by atoms with Crippen molar-refractivity contribution in [1.29, 1.82) is 5.26 Å². The summed E-state index contributed by atoms with van der Waals surface area (Å²) in [4.78, 5) is 0. The summed E-state index contributed by atoms with van der Waals surface area (Å²) in [6.45, 7) is 4.00. The van der Waals surface area contributed by atoms with Crippen LogP contribution in [-0.2, 0) is 11.5 Å². The number of halogens is 5. The Bertz CT molecular complexity index is 992. The summed E-state index contributed by atoms with van der Waals surface area (Å²) in [5.41, 5.74) is -5.29. The molecule has 1 aliphatic rings. The minimum Gasteiger partial charge on any atom is -0.457 e. The Kier molecular flexibility index (Phi) is 4.04. The van der Waals surface area contributed by atoms with Gasteiger partial charge in [-0.2, -0.15) is 22.8 Å². The number of nitrogens with zero attached hydrogens (tertiary/aromatic N) is 1. The average Bonchev–Trinajstić information content (AvgIpc) is 2.69. The summed E-state index contributed by atoms with van der Waals surface area (Å²) in [7, 11) is 0. The second-order valence-electron chi connectivity index (χ2n) is 6.21. The van der Waals surface area contributed by atoms with Crippen molar-refractivity contribution in [2.24, 2.45) is 0 Å². The van der Waals surface area contributed by atoms with Crippen molar-refractivity contribution in [2.45, 2.75) is 24.4 Å². The number of benzene rings is 2. The Hall–Kier alpha value is -2.92. The van der Waals surface area contributed by atoms with E-state index in [1.54, 1.807) is 6.07 Å². The van der Waals surface area contributed by atoms with Gasteiger partial charge in [-0.3, -0.25) is 0 Å². The van der Waals surface area contributed by atoms with Crippen LogP contribution >= 0.6 is 0 Å². The van der Waals surface area contributed by atoms with Gasteiger partial charge in [0.05, 0.1) is 11.6 Å². The van der Waals surface area contributed by atoms with Crippen molar-refractivity contribution in [2.75, 3.05) is 0 Å². The summed E-state index contributed by atoms with van der Waals surface area (Å²) < 4.78 is 75.6. The van der Waals surface area contributed by atoms with Crippen LogP contribution in [0.25, 0.3) is 6.08 Å². The van der Waals surface area contributed by atoms with E-state index < -0.39 is 34.4 Å². The molecule has 0 radical (unpaired) electrons. The number of hydrogen-bond donors (Lipinski definition) is 1. The van der Waals surface area contributed by atoms with Crippen molar-refractivity contribution in [3.8, 4) is 17.6 Å². The molecular formula is C19H12F5NO2. The zero-order chi connectivity index (χ0) is 20.2. The molecule has 0 aromatic heterocycles. The standard InChI is InChI=1S/C19H12F5NO2/c1-3-13-15(27-12-7-10(9-25)6-11(20)8-12)5-4-14-16(13)17(2,26)19(23,24)18(14,21)22/h3-8,26H,1H2,2H3. The van der Waals surface area contributed by atoms with E-state index in [-0.39, 0.29) is 22.6 Å². The number of fused-ring (bicyclic) bond motifs is 1. The van der Waals surface area contributed by atoms with Crippen molar-refractivity contribution in [3.05, 3.63) is 65.0 Å². The van der Waals surface area contributed by atoms with E-state index in [2.05, 4.69) is 6.58 Å². The second-order valence-corrected chi connectivity index (χ2v) is 6.21. The predicted octanol–water partition coefficient (Wildman–Crippen LogP) is 5.08. The fraction of sp³-hybridized carbons (Fsp3) is 0.211. The van der Waals surface area contributed by atoms with Crippen LogP contribution in [0.2, 0.25) is 0 Å². The first-order chi connectivity index (χ1) is 12.5. The Morgan fingerprint density at radius 3 is 2.44 bits per heavy atom. The molecule has 140 valence electrons. The van der Waals surface area contributed by atoms with Crippen molar-refractivity contribution >= 4 is 6.08 Å². The summed E-state index contributed by atoms with van der Waals surface area (Å²) in [6.07, 6.45) is 0.991. The highest BCUT2D eigenvalue weighted by atomic mass is 19.3. The molecule has 1 atom stereocenters. The maximum Gasteiger partial charge on any atom is 0.346 e. The van der Waals surface area contributed by atoms with Crippen LogP contribution in [0.4, 0.5) is 22.0 Å². The lowest BCUT2D eigenvalue weighted by Crippen LogP contribution is -2.47. The lowest BCUT2D eigenvalue weighted by Gasteiger charge is -2.29. The van der Waals surface area contributed by atoms with Gasteiger partial charge in [-0.25, -0.2) is 4.39 Å². The number of aliphatic hydroxyl groups is 1. The maximum atomic E-state index is 14.2. The molecule has 0 saturated carbocycles. The van der Waals surface area contributed by atoms with E-state index in [9.17, 15) is 27.1 Å². The Morgan fingerprint density at radius 1 is 1.19 bits per heavy atom. The smallest absolute Gasteiger partial charge is 0.346 e. The molecule has 3 nitrogen and oxygen atoms in total. The minimum absolute atomic E-state index is 0.0589. The molecule has 0 spiro atoms. The summed E-state index contributed by atoms with van der Waals surface area (Å²) in [5, 5.41) is 19.1. The van der Waals surface area contributed by atoms with Crippen LogP contribution in [0, 0.1) is 17.1 Å². The van der Waals surface area contributed by atoms with Crippen LogP contribution in [0.1, 0.15) is 29.2 Å². The van der Waals surface area contributed by atoms with Crippen LogP contribution in [0.15, 0.2) is 36.9 Å². The molecule has 0 amide bonds. The first-order valence-corrected chi connectivity index (χ1v) is 7.64. The Morgan fingerprint density at radius 2 is 1.85 bits per heavy atom. The van der Waals surface area contributed by atoms with Crippen LogP contribution in [-0.4, -0.2) is 11.0 Å². The van der Waals surface area contributed by atoms with Gasteiger partial charge in [0.1, 0.15) is 17.3 Å². The highest BCUT2D eigenvalue weighted by molar-refractivity contribution is 5.67. The van der Waals surface area contributed by atoms with Gasteiger partial charge in [0, 0.05) is 22.8 Å². The van der Waals surface area contributed by atoms with Crippen molar-refractivity contribution in [3.63, 3.8) is 0 Å². The average molecular weight is 381 g/mol. The third-order valence-electron chi connectivity index (χ3n) is 4.47. The minimum atomic E-state index is -4.76. The number of nitriles is 1. The summed E-state index contributed by atoms with van der Waals surface area (Å²) in [5.74, 6) is -10.5. The van der Waals surface area contributed by atoms with Gasteiger partial charge >= 0.3 is 11.8 Å². The first-order valence-electron chi connectivity index (χ1n) is 7.64. The normalized spacial score (nSPS) is 22.0. The van der Waals surface area contributed by atoms with Crippen molar-refractivity contribution in [1.82, 2.24) is 0 Å². The third-order valence-corrected chi connectivity index (χ3v) is 4.47. The number of ether oxygens (including phenoxy) is 1. The number of alkyl halides is 4. The Labute approximate surface area is 150 Å². The summed E-state index contributed by atoms with van der Waals surface area (Å²) in [6, 6.07) is 6.51. The van der Waals surface area contributed by atoms with Gasteiger partial charge < -0.3 is 9.84 Å². The highest BCUT2D eigenvalue weighted by Crippen LogP contribution is 2.62. The first kappa shape index (κ1) is 18.9. The molecule has 0 heterocycles. The second kappa shape index (κ2) is 5.79. The number of hydrogen-bond acceptors (Lipinski definition) is 3. The Balaban J connectivity index is 2.19. The van der Waals surface area contributed by atoms with Gasteiger partial charge in [0.2, 0.25) is 0 Å². The van der Waals surface area contributed by atoms with Gasteiger partial charge in [-0.05, 0) is 31.2 Å². The zero-order valence-electron chi connectivity index (χ0n) is 13.9. The fourth-order valence-electron chi connectivity index (χ4n) is 3.12. The summed E-state index contributed by atoms with van der Waals surface area (Å²) >= 11 is 0. The van der Waals surface area contributed by atoms with E-state index >= 15 is 0 Å². The molecule has 3 rings (SSSR count). The van der Waals surface area contributed by atoms with Gasteiger partial charge in [0.25, 0.3) is 0 Å². The molecule has 0 bridgehead atoms. The molecule has 0 saturated heterocycles. The molecule has 0 fully saturated rings. The fourth-order valence-corrected chi connectivity index (χ4v) is 3.12. The van der Waals surface area contributed by atoms with E-state index in [0.717, 1.165) is 30.3 Å². The third kappa shape index (κ3) is 2.50. The lowest BCUT2D eigenvalue weighted by atomic mass is 9.91. The molecule has 1 aliphatic carbocycles. The molecule has 27 heavy (non-hydrogen) atoms. The van der Waals surface area contributed by atoms with Crippen molar-refractivity contribution < 1.29 is 31.8 Å². The van der Waals surface area contributed by atoms with E-state index in [1.807, 2.05) is 0 Å². The predicted molar refractivity (Wildman–Crippen MR) is 86.1 cm³/mol. The van der Waals surface area contributed by atoms with Gasteiger partial charge in [-0.1, -0.05) is 12.7 Å². The topological polar surface area (TPSA) is 53.2 Å². The van der Waals surface area contributed by atoms with Crippen LogP contribution in [0.3, 0.4) is 0 Å². The van der Waals surface area contributed by atoms with Crippen LogP contribution < -0.4 is 4.74 Å². The maximum absolute atomic E-state index is 14.2. The zero-order valence-corrected chi connectivity index (χ0v) is 13.9. The van der Waals surface area contributed by atoms with E-state index in [0.29, 0.717) is 6.92 Å². The monoisotopic (exact) mass is 381 g/mol. The largest absolute Gasteiger partial charge is 0.457 e. The molecule has 1 N–H and O–H groups in total. The van der Waals surface area contributed by atoms with E-state index in [4.69, 9.17) is 10.00 Å². The molecule has 1 unspecified atom stereocenters. The van der Waals surface area contributed by atoms with Gasteiger partial charge in [-0.15, -0.1) is 0 Å². The molecule has 0 aliphatic heterocycles. The van der Waals surface area contributed by atoms with Crippen LogP contribution in [0.5, 0.6) is 11.5 Å². The quantitative estimate of drug-likeness (QED) is 0.755. The molecule has 2 aromatic carbocycles. The van der Waals surface area contributed by atoms with E-state index in [1.165, 1.54) is 6.07 Å². The SMILES string of the molecule is C=Cc1c(Oc2cc(F)cc(C#N)c2)ccc2c1C(C)(O)C(F)(F)C2(F)F. The lowest BCUT2D eigenvalue weighted by molar-refractivity contribution is -0.280. The highest BCUT2D eigenvalue weighted by Gasteiger charge is 2.74. The molecular weight excluding hydrogens is 369 g/mol. The number of rotatable bonds is 3. The molecule has 2 aromatic rings. The van der Waals surface area contributed by atoms with Gasteiger partial charge in [0.15, 0.2) is 5.60 Å². The molecule has 8 heteroatoms.